The van der Waals surface area contributed by atoms with Gasteiger partial charge >= 0.3 is 6.18 Å². The summed E-state index contributed by atoms with van der Waals surface area (Å²) in [5.74, 6) is 0.443. The molecule has 0 aromatic rings. The predicted molar refractivity (Wildman–Crippen MR) is 47.9 cm³/mol. The predicted octanol–water partition coefficient (Wildman–Crippen LogP) is 3.27. The molecule has 1 atom stereocenters. The molecule has 14 heavy (non-hydrogen) atoms. The minimum absolute atomic E-state index is 0.174. The number of halogens is 3. The Balaban J connectivity index is 2.25. The van der Waals surface area contributed by atoms with Gasteiger partial charge in [-0.05, 0) is 25.7 Å². The van der Waals surface area contributed by atoms with E-state index in [1.54, 1.807) is 0 Å². The third kappa shape index (κ3) is 4.31. The first-order chi connectivity index (χ1) is 6.29. The van der Waals surface area contributed by atoms with Crippen molar-refractivity contribution in [3.63, 3.8) is 0 Å². The lowest BCUT2D eigenvalue weighted by atomic mass is 9.76. The number of hydrogen-bond donors (Lipinski definition) is 1. The smallest absolute Gasteiger partial charge is 0.389 e. The molecule has 0 radical (unpaired) electrons. The Bertz CT molecular complexity index is 182. The summed E-state index contributed by atoms with van der Waals surface area (Å²) in [5, 5.41) is 9.71. The highest BCUT2D eigenvalue weighted by Gasteiger charge is 2.34. The first-order valence-electron chi connectivity index (χ1n) is 5.08. The fraction of sp³-hybridized carbons (Fsp3) is 1.00. The van der Waals surface area contributed by atoms with Crippen LogP contribution in [0.1, 0.15) is 45.4 Å². The molecule has 1 unspecified atom stereocenters. The molecule has 1 N–H and O–H groups in total. The lowest BCUT2D eigenvalue weighted by Crippen LogP contribution is -2.31. The van der Waals surface area contributed by atoms with Crippen molar-refractivity contribution >= 4 is 0 Å². The summed E-state index contributed by atoms with van der Waals surface area (Å²) in [7, 11) is 0. The Kier molecular flexibility index (Phi) is 3.45. The highest BCUT2D eigenvalue weighted by molar-refractivity contribution is 4.81. The van der Waals surface area contributed by atoms with Crippen LogP contribution < -0.4 is 0 Å². The maximum absolute atomic E-state index is 11.9. The minimum atomic E-state index is -4.15. The zero-order valence-corrected chi connectivity index (χ0v) is 8.40. The normalized spacial score (nSPS) is 22.9. The molecule has 0 amide bonds. The third-order valence-electron chi connectivity index (χ3n) is 2.90. The molecule has 1 saturated carbocycles. The molecule has 1 nitrogen and oxygen atoms in total. The zero-order valence-electron chi connectivity index (χ0n) is 8.40. The van der Waals surface area contributed by atoms with Crippen molar-refractivity contribution < 1.29 is 18.3 Å². The third-order valence-corrected chi connectivity index (χ3v) is 2.90. The van der Waals surface area contributed by atoms with Crippen molar-refractivity contribution in [2.45, 2.75) is 57.2 Å². The molecular weight excluding hydrogens is 193 g/mol. The van der Waals surface area contributed by atoms with Gasteiger partial charge in [0.25, 0.3) is 0 Å². The van der Waals surface area contributed by atoms with E-state index >= 15 is 0 Å². The van der Waals surface area contributed by atoms with Crippen LogP contribution in [0.15, 0.2) is 0 Å². The molecular formula is C10H17F3O. The summed E-state index contributed by atoms with van der Waals surface area (Å²) in [6.45, 7) is 1.51. The quantitative estimate of drug-likeness (QED) is 0.755. The molecule has 1 aliphatic rings. The van der Waals surface area contributed by atoms with E-state index < -0.39 is 18.2 Å². The summed E-state index contributed by atoms with van der Waals surface area (Å²) in [6, 6.07) is 0. The first kappa shape index (κ1) is 11.8. The lowest BCUT2D eigenvalue weighted by Gasteiger charge is -2.33. The fourth-order valence-corrected chi connectivity index (χ4v) is 1.83. The van der Waals surface area contributed by atoms with E-state index in [1.807, 2.05) is 0 Å². The van der Waals surface area contributed by atoms with Gasteiger partial charge in [0.1, 0.15) is 0 Å². The average molecular weight is 210 g/mol. The summed E-state index contributed by atoms with van der Waals surface area (Å²) >= 11 is 0. The van der Waals surface area contributed by atoms with Gasteiger partial charge in [-0.3, -0.25) is 0 Å². The zero-order chi connectivity index (χ0) is 10.8. The van der Waals surface area contributed by atoms with Crippen LogP contribution in [0.3, 0.4) is 0 Å². The molecule has 0 aromatic carbocycles. The minimum Gasteiger partial charge on any atom is -0.390 e. The molecule has 4 heteroatoms. The van der Waals surface area contributed by atoms with Gasteiger partial charge in [0, 0.05) is 6.42 Å². The van der Waals surface area contributed by atoms with Gasteiger partial charge < -0.3 is 5.11 Å². The summed E-state index contributed by atoms with van der Waals surface area (Å²) in [4.78, 5) is 0. The first-order valence-corrected chi connectivity index (χ1v) is 5.08. The van der Waals surface area contributed by atoms with Crippen LogP contribution >= 0.6 is 0 Å². The second kappa shape index (κ2) is 4.09. The molecule has 84 valence electrons. The molecule has 1 fully saturated rings. The van der Waals surface area contributed by atoms with E-state index in [-0.39, 0.29) is 6.42 Å². The molecule has 1 rings (SSSR count). The topological polar surface area (TPSA) is 20.2 Å². The van der Waals surface area contributed by atoms with E-state index in [0.717, 1.165) is 19.3 Å². The second-order valence-corrected chi connectivity index (χ2v) is 4.61. The van der Waals surface area contributed by atoms with Crippen LogP contribution in [-0.2, 0) is 0 Å². The highest BCUT2D eigenvalue weighted by Crippen LogP contribution is 2.36. The van der Waals surface area contributed by atoms with Gasteiger partial charge in [-0.15, -0.1) is 0 Å². The highest BCUT2D eigenvalue weighted by atomic mass is 19.4. The molecule has 0 aliphatic heterocycles. The second-order valence-electron chi connectivity index (χ2n) is 4.61. The largest absolute Gasteiger partial charge is 0.390 e. The van der Waals surface area contributed by atoms with Crippen molar-refractivity contribution in [2.24, 2.45) is 5.92 Å². The van der Waals surface area contributed by atoms with E-state index in [0.29, 0.717) is 12.3 Å². The van der Waals surface area contributed by atoms with Gasteiger partial charge in [0.2, 0.25) is 0 Å². The fourth-order valence-electron chi connectivity index (χ4n) is 1.83. The Morgan fingerprint density at radius 2 is 1.79 bits per heavy atom. The lowest BCUT2D eigenvalue weighted by molar-refractivity contribution is -0.147. The monoisotopic (exact) mass is 210 g/mol. The number of aliphatic hydroxyl groups is 1. The maximum atomic E-state index is 11.9. The van der Waals surface area contributed by atoms with Gasteiger partial charge in [0.15, 0.2) is 0 Å². The van der Waals surface area contributed by atoms with E-state index in [1.165, 1.54) is 6.92 Å². The van der Waals surface area contributed by atoms with E-state index in [9.17, 15) is 18.3 Å². The van der Waals surface area contributed by atoms with Crippen LogP contribution in [0.5, 0.6) is 0 Å². The van der Waals surface area contributed by atoms with Crippen molar-refractivity contribution in [3.8, 4) is 0 Å². The molecule has 1 aliphatic carbocycles. The standard InChI is InChI=1S/C10H17F3O/c1-9(14,5-6-10(11,12)13)7-8-3-2-4-8/h8,14H,2-7H2,1H3. The van der Waals surface area contributed by atoms with Crippen LogP contribution in [0.25, 0.3) is 0 Å². The van der Waals surface area contributed by atoms with Crippen molar-refractivity contribution in [1.29, 1.82) is 0 Å². The number of hydrogen-bond acceptors (Lipinski definition) is 1. The van der Waals surface area contributed by atoms with Crippen LogP contribution in [0, 0.1) is 5.92 Å². The molecule has 0 bridgehead atoms. The number of alkyl halides is 3. The van der Waals surface area contributed by atoms with Gasteiger partial charge in [-0.25, -0.2) is 0 Å². The molecule has 0 spiro atoms. The van der Waals surface area contributed by atoms with Crippen molar-refractivity contribution in [2.75, 3.05) is 0 Å². The Labute approximate surface area is 82.3 Å². The SMILES string of the molecule is CC(O)(CCC(F)(F)F)CC1CCC1. The number of rotatable bonds is 4. The molecule has 0 aromatic heterocycles. The van der Waals surface area contributed by atoms with E-state index in [2.05, 4.69) is 0 Å². The Morgan fingerprint density at radius 1 is 1.21 bits per heavy atom. The molecule has 0 heterocycles. The van der Waals surface area contributed by atoms with Crippen LogP contribution in [0.2, 0.25) is 0 Å². The van der Waals surface area contributed by atoms with Crippen molar-refractivity contribution in [3.05, 3.63) is 0 Å². The van der Waals surface area contributed by atoms with Gasteiger partial charge in [0.05, 0.1) is 5.60 Å². The maximum Gasteiger partial charge on any atom is 0.389 e. The van der Waals surface area contributed by atoms with Crippen LogP contribution in [0.4, 0.5) is 13.2 Å². The molecule has 0 saturated heterocycles. The summed E-state index contributed by atoms with van der Waals surface area (Å²) in [5.41, 5.74) is -1.14. The van der Waals surface area contributed by atoms with Gasteiger partial charge in [-0.2, -0.15) is 13.2 Å². The van der Waals surface area contributed by atoms with Crippen molar-refractivity contribution in [1.82, 2.24) is 0 Å². The Hall–Kier alpha value is -0.250. The Morgan fingerprint density at radius 3 is 2.14 bits per heavy atom. The summed E-state index contributed by atoms with van der Waals surface area (Å²) in [6.07, 6.45) is -1.42. The van der Waals surface area contributed by atoms with E-state index in [4.69, 9.17) is 0 Å². The van der Waals surface area contributed by atoms with Crippen LogP contribution in [-0.4, -0.2) is 16.9 Å². The summed E-state index contributed by atoms with van der Waals surface area (Å²) < 4.78 is 35.7. The van der Waals surface area contributed by atoms with Gasteiger partial charge in [-0.1, -0.05) is 19.3 Å². The average Bonchev–Trinajstić information content (AvgIpc) is 1.93.